The number of rotatable bonds is 1. The SMILES string of the molecule is CC1(C)c2ccccc2-c2cc(-c3cc4c5c6c3Cc3ccc7c(c3-6)-c3c(ccc6c3-c3c(ccc(c3-5)C4)C6)C7)ccc21. The molecule has 0 radical (unpaired) electrons. The molecule has 0 N–H and O–H groups in total. The van der Waals surface area contributed by atoms with Crippen LogP contribution in [-0.4, -0.2) is 0 Å². The van der Waals surface area contributed by atoms with Crippen LogP contribution in [0.3, 0.4) is 0 Å². The third-order valence-electron chi connectivity index (χ3n) is 12.1. The topological polar surface area (TPSA) is 0 Å². The minimum atomic E-state index is 0.0319. The van der Waals surface area contributed by atoms with E-state index in [4.69, 9.17) is 0 Å². The minimum Gasteiger partial charge on any atom is -0.0619 e. The maximum atomic E-state index is 2.59. The summed E-state index contributed by atoms with van der Waals surface area (Å²) in [5.41, 5.74) is 33.3. The summed E-state index contributed by atoms with van der Waals surface area (Å²) in [4.78, 5) is 0. The number of hydrogen-bond donors (Lipinski definition) is 0. The third kappa shape index (κ3) is 2.30. The lowest BCUT2D eigenvalue weighted by Gasteiger charge is -2.23. The van der Waals surface area contributed by atoms with Gasteiger partial charge in [-0.1, -0.05) is 86.6 Å². The fourth-order valence-corrected chi connectivity index (χ4v) is 10.3. The van der Waals surface area contributed by atoms with E-state index in [9.17, 15) is 0 Å². The molecule has 0 fully saturated rings. The molecular weight excluding hydrogens is 516 g/mol. The van der Waals surface area contributed by atoms with E-state index >= 15 is 0 Å². The van der Waals surface area contributed by atoms with E-state index in [1.165, 1.54) is 72.3 Å². The second-order valence-electron chi connectivity index (χ2n) is 14.4. The van der Waals surface area contributed by atoms with Gasteiger partial charge in [0.05, 0.1) is 0 Å². The van der Waals surface area contributed by atoms with Crippen LogP contribution < -0.4 is 0 Å². The molecule has 0 bridgehead atoms. The van der Waals surface area contributed by atoms with Crippen molar-refractivity contribution in [1.29, 1.82) is 0 Å². The zero-order valence-electron chi connectivity index (χ0n) is 24.4. The Balaban J connectivity index is 1.21. The average Bonchev–Trinajstić information content (AvgIpc) is 3.80. The molecular formula is C43H28. The third-order valence-corrected chi connectivity index (χ3v) is 12.1. The van der Waals surface area contributed by atoms with Gasteiger partial charge in [0.1, 0.15) is 0 Å². The van der Waals surface area contributed by atoms with Gasteiger partial charge in [-0.2, -0.15) is 0 Å². The van der Waals surface area contributed by atoms with Crippen molar-refractivity contribution in [2.24, 2.45) is 0 Å². The van der Waals surface area contributed by atoms with E-state index in [1.54, 1.807) is 50.1 Å². The molecule has 0 spiro atoms. The summed E-state index contributed by atoms with van der Waals surface area (Å²) >= 11 is 0. The maximum Gasteiger partial charge on any atom is 0.0158 e. The molecule has 6 aromatic carbocycles. The quantitative estimate of drug-likeness (QED) is 0.193. The molecule has 6 aliphatic carbocycles. The van der Waals surface area contributed by atoms with Gasteiger partial charge < -0.3 is 0 Å². The normalized spacial score (nSPS) is 16.4. The van der Waals surface area contributed by atoms with Crippen LogP contribution in [-0.2, 0) is 31.1 Å². The molecule has 6 aliphatic rings. The monoisotopic (exact) mass is 544 g/mol. The molecule has 0 heteroatoms. The summed E-state index contributed by atoms with van der Waals surface area (Å²) in [6, 6.07) is 33.7. The van der Waals surface area contributed by atoms with Gasteiger partial charge in [-0.05, 0) is 160 Å². The van der Waals surface area contributed by atoms with Gasteiger partial charge in [0.15, 0.2) is 0 Å². The van der Waals surface area contributed by atoms with Crippen molar-refractivity contribution in [3.63, 3.8) is 0 Å². The smallest absolute Gasteiger partial charge is 0.0158 e. The highest BCUT2D eigenvalue weighted by Crippen LogP contribution is 2.64. The first-order valence-electron chi connectivity index (χ1n) is 16.0. The lowest BCUT2D eigenvalue weighted by Crippen LogP contribution is -2.14. The van der Waals surface area contributed by atoms with E-state index in [0.29, 0.717) is 0 Å². The van der Waals surface area contributed by atoms with Crippen LogP contribution in [0.25, 0.3) is 66.8 Å². The fourth-order valence-electron chi connectivity index (χ4n) is 10.3. The van der Waals surface area contributed by atoms with E-state index in [-0.39, 0.29) is 5.41 Å². The second-order valence-corrected chi connectivity index (χ2v) is 14.4. The summed E-state index contributed by atoms with van der Waals surface area (Å²) in [5, 5.41) is 0. The van der Waals surface area contributed by atoms with Gasteiger partial charge >= 0.3 is 0 Å². The average molecular weight is 545 g/mol. The van der Waals surface area contributed by atoms with Gasteiger partial charge in [-0.25, -0.2) is 0 Å². The van der Waals surface area contributed by atoms with E-state index in [2.05, 4.69) is 98.8 Å². The van der Waals surface area contributed by atoms with Crippen LogP contribution in [0, 0.1) is 0 Å². The first kappa shape index (κ1) is 21.9. The van der Waals surface area contributed by atoms with Crippen molar-refractivity contribution in [2.75, 3.05) is 0 Å². The van der Waals surface area contributed by atoms with Gasteiger partial charge in [0.25, 0.3) is 0 Å². The van der Waals surface area contributed by atoms with E-state index in [1.807, 2.05) is 0 Å². The number of hydrogen-bond acceptors (Lipinski definition) is 0. The highest BCUT2D eigenvalue weighted by Gasteiger charge is 2.42. The highest BCUT2D eigenvalue weighted by molar-refractivity contribution is 6.14. The lowest BCUT2D eigenvalue weighted by molar-refractivity contribution is 0.660. The molecule has 200 valence electrons. The Kier molecular flexibility index (Phi) is 3.45. The summed E-state index contributed by atoms with van der Waals surface area (Å²) in [6.07, 6.45) is 4.19. The highest BCUT2D eigenvalue weighted by atomic mass is 14.5. The Morgan fingerprint density at radius 3 is 1.51 bits per heavy atom. The van der Waals surface area contributed by atoms with Crippen LogP contribution >= 0.6 is 0 Å². The Morgan fingerprint density at radius 2 is 0.884 bits per heavy atom. The molecule has 0 amide bonds. The predicted molar refractivity (Wildman–Crippen MR) is 176 cm³/mol. The van der Waals surface area contributed by atoms with Crippen molar-refractivity contribution in [2.45, 2.75) is 44.9 Å². The Labute approximate surface area is 251 Å². The summed E-state index contributed by atoms with van der Waals surface area (Å²) in [7, 11) is 0. The van der Waals surface area contributed by atoms with Crippen LogP contribution in [0.15, 0.2) is 84.9 Å². The molecule has 0 saturated carbocycles. The summed E-state index contributed by atoms with van der Waals surface area (Å²) in [5.74, 6) is 0. The second kappa shape index (κ2) is 6.76. The summed E-state index contributed by atoms with van der Waals surface area (Å²) in [6.45, 7) is 4.76. The van der Waals surface area contributed by atoms with Crippen molar-refractivity contribution in [3.8, 4) is 66.8 Å². The maximum absolute atomic E-state index is 2.59. The Hall–Kier alpha value is -4.68. The first-order valence-corrected chi connectivity index (χ1v) is 16.0. The summed E-state index contributed by atoms with van der Waals surface area (Å²) < 4.78 is 0. The van der Waals surface area contributed by atoms with Gasteiger partial charge in [0.2, 0.25) is 0 Å². The largest absolute Gasteiger partial charge is 0.0619 e. The Bertz CT molecular complexity index is 2410. The molecule has 6 aromatic rings. The molecule has 0 aliphatic heterocycles. The van der Waals surface area contributed by atoms with Crippen LogP contribution in [0.5, 0.6) is 0 Å². The lowest BCUT2D eigenvalue weighted by atomic mass is 9.79. The van der Waals surface area contributed by atoms with Gasteiger partial charge in [-0.3, -0.25) is 0 Å². The van der Waals surface area contributed by atoms with Crippen LogP contribution in [0.1, 0.15) is 69.5 Å². The van der Waals surface area contributed by atoms with Crippen molar-refractivity contribution in [1.82, 2.24) is 0 Å². The zero-order valence-corrected chi connectivity index (χ0v) is 24.4. The van der Waals surface area contributed by atoms with E-state index in [0.717, 1.165) is 25.7 Å². The van der Waals surface area contributed by atoms with Crippen LogP contribution in [0.4, 0.5) is 0 Å². The standard InChI is InChI=1S/C43H28/c1-43(2)33-6-4-3-5-29(33)31-18-21(13-14-34(31)43)30-20-28-17-26-10-9-24-15-22-7-8-23-16-25-11-12-27-19-32(30)42-40(27)38(25)36(23)35(22)37(24)39(26)41(28)42/h3-14,18,20H,15-17,19H2,1-2H3. The van der Waals surface area contributed by atoms with Gasteiger partial charge in [0, 0.05) is 5.41 Å². The van der Waals surface area contributed by atoms with Gasteiger partial charge in [-0.15, -0.1) is 0 Å². The first-order chi connectivity index (χ1) is 21.1. The molecule has 12 rings (SSSR count). The Morgan fingerprint density at radius 1 is 0.395 bits per heavy atom. The van der Waals surface area contributed by atoms with Crippen LogP contribution in [0.2, 0.25) is 0 Å². The minimum absolute atomic E-state index is 0.0319. The molecule has 0 atom stereocenters. The fraction of sp³-hybridized carbons (Fsp3) is 0.163. The van der Waals surface area contributed by atoms with Crippen molar-refractivity contribution in [3.05, 3.63) is 141 Å². The van der Waals surface area contributed by atoms with Crippen molar-refractivity contribution < 1.29 is 0 Å². The van der Waals surface area contributed by atoms with Crippen molar-refractivity contribution >= 4 is 0 Å². The number of benzene rings is 6. The van der Waals surface area contributed by atoms with E-state index < -0.39 is 0 Å². The number of fused-ring (bicyclic) bond motifs is 3. The molecule has 0 heterocycles. The molecule has 43 heavy (non-hydrogen) atoms. The molecule has 0 aromatic heterocycles. The zero-order chi connectivity index (χ0) is 27.9. The molecule has 0 saturated heterocycles. The molecule has 0 unspecified atom stereocenters. The predicted octanol–water partition coefficient (Wildman–Crippen LogP) is 10.3. The molecule has 0 nitrogen and oxygen atoms in total.